The maximum absolute atomic E-state index is 13.4. The van der Waals surface area contributed by atoms with Crippen molar-refractivity contribution in [2.45, 2.75) is 13.0 Å². The predicted octanol–water partition coefficient (Wildman–Crippen LogP) is 1.53. The molecular formula is C9H11FN6S. The van der Waals surface area contributed by atoms with Gasteiger partial charge in [0.05, 0.1) is 12.2 Å². The highest BCUT2D eigenvalue weighted by Crippen LogP contribution is 2.21. The molecule has 2 aromatic rings. The topological polar surface area (TPSA) is 88.8 Å². The number of rotatable bonds is 4. The molecule has 2 aromatic heterocycles. The molecule has 0 amide bonds. The number of halogens is 1. The Hall–Kier alpha value is -1.80. The minimum Gasteiger partial charge on any atom is -0.359 e. The van der Waals surface area contributed by atoms with E-state index < -0.39 is 5.82 Å². The largest absolute Gasteiger partial charge is 0.359 e. The Morgan fingerprint density at radius 3 is 2.94 bits per heavy atom. The van der Waals surface area contributed by atoms with Crippen molar-refractivity contribution in [1.82, 2.24) is 15.0 Å². The first-order valence-corrected chi connectivity index (χ1v) is 5.73. The minimum absolute atomic E-state index is 0.0932. The van der Waals surface area contributed by atoms with Crippen molar-refractivity contribution in [2.24, 2.45) is 5.84 Å². The first-order valence-electron chi connectivity index (χ1n) is 4.86. The van der Waals surface area contributed by atoms with E-state index in [1.165, 1.54) is 11.3 Å². The lowest BCUT2D eigenvalue weighted by molar-refractivity contribution is 0.614. The first-order chi connectivity index (χ1) is 8.20. The van der Waals surface area contributed by atoms with Crippen molar-refractivity contribution >= 4 is 23.1 Å². The molecule has 0 aliphatic heterocycles. The standard InChI is InChI=1S/C9H11FN6S/c1-5(8-12-2-3-17-8)14-7-6(10)4-13-9(15-7)16-11/h2-5H,11H2,1H3,(H2,13,14,15,16). The van der Waals surface area contributed by atoms with Crippen molar-refractivity contribution in [1.29, 1.82) is 0 Å². The van der Waals surface area contributed by atoms with Gasteiger partial charge in [0.2, 0.25) is 5.95 Å². The second-order valence-electron chi connectivity index (χ2n) is 3.27. The van der Waals surface area contributed by atoms with Gasteiger partial charge in [-0.05, 0) is 6.92 Å². The number of hydrazine groups is 1. The van der Waals surface area contributed by atoms with Crippen LogP contribution < -0.4 is 16.6 Å². The van der Waals surface area contributed by atoms with E-state index in [4.69, 9.17) is 5.84 Å². The molecule has 0 fully saturated rings. The summed E-state index contributed by atoms with van der Waals surface area (Å²) in [6, 6.07) is -0.134. The lowest BCUT2D eigenvalue weighted by Gasteiger charge is -2.12. The first kappa shape index (κ1) is 11.7. The number of nitrogens with one attached hydrogen (secondary N) is 2. The normalized spacial score (nSPS) is 12.2. The van der Waals surface area contributed by atoms with Crippen LogP contribution in [0.2, 0.25) is 0 Å². The third-order valence-electron chi connectivity index (χ3n) is 2.05. The molecule has 17 heavy (non-hydrogen) atoms. The second-order valence-corrected chi connectivity index (χ2v) is 4.20. The summed E-state index contributed by atoms with van der Waals surface area (Å²) in [6.07, 6.45) is 2.75. The van der Waals surface area contributed by atoms with Crippen LogP contribution in [0.5, 0.6) is 0 Å². The van der Waals surface area contributed by atoms with Gasteiger partial charge in [-0.1, -0.05) is 0 Å². The monoisotopic (exact) mass is 254 g/mol. The summed E-state index contributed by atoms with van der Waals surface area (Å²) in [5.41, 5.74) is 2.26. The molecule has 6 nitrogen and oxygen atoms in total. The van der Waals surface area contributed by atoms with Gasteiger partial charge in [-0.3, -0.25) is 5.43 Å². The highest BCUT2D eigenvalue weighted by Gasteiger charge is 2.12. The Balaban J connectivity index is 2.18. The van der Waals surface area contributed by atoms with Gasteiger partial charge in [-0.25, -0.2) is 20.2 Å². The maximum Gasteiger partial charge on any atom is 0.239 e. The van der Waals surface area contributed by atoms with E-state index in [2.05, 4.69) is 25.7 Å². The lowest BCUT2D eigenvalue weighted by atomic mass is 10.3. The van der Waals surface area contributed by atoms with Gasteiger partial charge in [0.25, 0.3) is 0 Å². The van der Waals surface area contributed by atoms with Gasteiger partial charge in [-0.2, -0.15) is 4.98 Å². The number of hydrogen-bond donors (Lipinski definition) is 3. The lowest BCUT2D eigenvalue weighted by Crippen LogP contribution is -2.14. The van der Waals surface area contributed by atoms with Crippen LogP contribution in [0.1, 0.15) is 18.0 Å². The Kier molecular flexibility index (Phi) is 3.45. The van der Waals surface area contributed by atoms with E-state index in [0.717, 1.165) is 11.2 Å². The number of nitrogen functional groups attached to an aromatic ring is 1. The SMILES string of the molecule is CC(Nc1nc(NN)ncc1F)c1nccs1. The summed E-state index contributed by atoms with van der Waals surface area (Å²) >= 11 is 1.49. The average Bonchev–Trinajstić information content (AvgIpc) is 2.85. The number of thiazole rings is 1. The Bertz CT molecular complexity index is 488. The van der Waals surface area contributed by atoms with Crippen LogP contribution in [-0.2, 0) is 0 Å². The van der Waals surface area contributed by atoms with Gasteiger partial charge in [0.1, 0.15) is 5.01 Å². The molecule has 2 heterocycles. The Morgan fingerprint density at radius 2 is 2.29 bits per heavy atom. The number of nitrogens with two attached hydrogens (primary N) is 1. The third kappa shape index (κ3) is 2.66. The van der Waals surface area contributed by atoms with Gasteiger partial charge < -0.3 is 5.32 Å². The van der Waals surface area contributed by atoms with Crippen LogP contribution in [0.25, 0.3) is 0 Å². The molecule has 0 spiro atoms. The van der Waals surface area contributed by atoms with Gasteiger partial charge in [0, 0.05) is 11.6 Å². The van der Waals surface area contributed by atoms with Crippen LogP contribution in [0.4, 0.5) is 16.2 Å². The Morgan fingerprint density at radius 1 is 1.47 bits per heavy atom. The zero-order chi connectivity index (χ0) is 12.3. The van der Waals surface area contributed by atoms with Crippen molar-refractivity contribution in [3.8, 4) is 0 Å². The number of aromatic nitrogens is 3. The molecule has 0 radical (unpaired) electrons. The molecule has 2 rings (SSSR count). The number of hydrogen-bond acceptors (Lipinski definition) is 7. The van der Waals surface area contributed by atoms with Crippen LogP contribution in [0.15, 0.2) is 17.8 Å². The second kappa shape index (κ2) is 5.02. The highest BCUT2D eigenvalue weighted by molar-refractivity contribution is 7.09. The summed E-state index contributed by atoms with van der Waals surface area (Å²) in [6.45, 7) is 1.87. The molecule has 0 bridgehead atoms. The zero-order valence-electron chi connectivity index (χ0n) is 9.01. The van der Waals surface area contributed by atoms with Gasteiger partial charge >= 0.3 is 0 Å². The summed E-state index contributed by atoms with van der Waals surface area (Å²) in [5, 5.41) is 5.62. The fraction of sp³-hybridized carbons (Fsp3) is 0.222. The molecule has 8 heteroatoms. The fourth-order valence-electron chi connectivity index (χ4n) is 1.25. The molecule has 0 saturated carbocycles. The van der Waals surface area contributed by atoms with Crippen LogP contribution in [0.3, 0.4) is 0 Å². The molecule has 0 aromatic carbocycles. The molecular weight excluding hydrogens is 243 g/mol. The smallest absolute Gasteiger partial charge is 0.239 e. The van der Waals surface area contributed by atoms with E-state index in [-0.39, 0.29) is 17.8 Å². The highest BCUT2D eigenvalue weighted by atomic mass is 32.1. The van der Waals surface area contributed by atoms with Crippen molar-refractivity contribution in [3.05, 3.63) is 28.6 Å². The van der Waals surface area contributed by atoms with Crippen molar-refractivity contribution < 1.29 is 4.39 Å². The maximum atomic E-state index is 13.4. The Labute approximate surface area is 101 Å². The zero-order valence-corrected chi connectivity index (χ0v) is 9.83. The van der Waals surface area contributed by atoms with Crippen LogP contribution >= 0.6 is 11.3 Å². The van der Waals surface area contributed by atoms with E-state index in [1.807, 2.05) is 12.3 Å². The van der Waals surface area contributed by atoms with Crippen molar-refractivity contribution in [2.75, 3.05) is 10.7 Å². The van der Waals surface area contributed by atoms with Crippen LogP contribution in [-0.4, -0.2) is 15.0 Å². The van der Waals surface area contributed by atoms with E-state index in [1.54, 1.807) is 6.20 Å². The summed E-state index contributed by atoms with van der Waals surface area (Å²) in [5.74, 6) is 4.87. The van der Waals surface area contributed by atoms with Gasteiger partial charge in [-0.15, -0.1) is 11.3 Å². The summed E-state index contributed by atoms with van der Waals surface area (Å²) < 4.78 is 13.4. The fourth-order valence-corrected chi connectivity index (χ4v) is 1.90. The molecule has 0 saturated heterocycles. The number of anilines is 2. The minimum atomic E-state index is -0.535. The summed E-state index contributed by atoms with van der Waals surface area (Å²) in [4.78, 5) is 11.7. The van der Waals surface area contributed by atoms with E-state index in [0.29, 0.717) is 0 Å². The predicted molar refractivity (Wildman–Crippen MR) is 64.0 cm³/mol. The van der Waals surface area contributed by atoms with E-state index in [9.17, 15) is 4.39 Å². The third-order valence-corrected chi connectivity index (χ3v) is 3.01. The molecule has 0 aliphatic carbocycles. The quantitative estimate of drug-likeness (QED) is 0.566. The molecule has 1 unspecified atom stereocenters. The van der Waals surface area contributed by atoms with Crippen molar-refractivity contribution in [3.63, 3.8) is 0 Å². The van der Waals surface area contributed by atoms with Crippen LogP contribution in [0, 0.1) is 5.82 Å². The molecule has 1 atom stereocenters. The molecule has 4 N–H and O–H groups in total. The number of nitrogens with zero attached hydrogens (tertiary/aromatic N) is 3. The average molecular weight is 254 g/mol. The summed E-state index contributed by atoms with van der Waals surface area (Å²) in [7, 11) is 0. The molecule has 90 valence electrons. The molecule has 0 aliphatic rings. The van der Waals surface area contributed by atoms with Gasteiger partial charge in [0.15, 0.2) is 11.6 Å². The van der Waals surface area contributed by atoms with E-state index >= 15 is 0 Å².